The van der Waals surface area contributed by atoms with Crippen molar-refractivity contribution in [3.05, 3.63) is 48.7 Å². The third-order valence-electron chi connectivity index (χ3n) is 4.92. The first-order chi connectivity index (χ1) is 12.6. The van der Waals surface area contributed by atoms with Gasteiger partial charge in [0.1, 0.15) is 0 Å². The molecule has 1 aliphatic carbocycles. The summed E-state index contributed by atoms with van der Waals surface area (Å²) >= 11 is 0. The number of hydrogen-bond donors (Lipinski definition) is 2. The number of carbonyl (C=O) groups excluding carboxylic acids is 1. The third-order valence-corrected chi connectivity index (χ3v) is 4.92. The molecule has 1 amide bonds. The SMILES string of the molecule is COc1cccc2cc(C(=O)N[C@@H]3CC(Cn4ccnc4)C[C@H]3O)oc12. The minimum Gasteiger partial charge on any atom is -0.493 e. The van der Waals surface area contributed by atoms with E-state index in [0.717, 1.165) is 11.9 Å². The van der Waals surface area contributed by atoms with Gasteiger partial charge in [-0.2, -0.15) is 0 Å². The molecule has 3 atom stereocenters. The van der Waals surface area contributed by atoms with Crippen molar-refractivity contribution in [2.45, 2.75) is 31.5 Å². The molecule has 0 bridgehead atoms. The molecule has 2 heterocycles. The molecule has 136 valence electrons. The lowest BCUT2D eigenvalue weighted by atomic mass is 10.1. The average Bonchev–Trinajstić information content (AvgIpc) is 3.35. The number of carbonyl (C=O) groups is 1. The number of para-hydroxylation sites is 1. The Labute approximate surface area is 150 Å². The normalized spacial score (nSPS) is 22.6. The first-order valence-electron chi connectivity index (χ1n) is 8.65. The van der Waals surface area contributed by atoms with E-state index in [0.29, 0.717) is 30.1 Å². The number of ether oxygens (including phenoxy) is 1. The molecule has 4 rings (SSSR count). The molecule has 0 aliphatic heterocycles. The summed E-state index contributed by atoms with van der Waals surface area (Å²) in [6.45, 7) is 0.783. The van der Waals surface area contributed by atoms with Crippen molar-refractivity contribution < 1.29 is 19.1 Å². The maximum atomic E-state index is 12.6. The summed E-state index contributed by atoms with van der Waals surface area (Å²) in [6, 6.07) is 6.90. The Morgan fingerprint density at radius 1 is 1.46 bits per heavy atom. The van der Waals surface area contributed by atoms with Gasteiger partial charge >= 0.3 is 0 Å². The molecule has 1 aliphatic rings. The van der Waals surface area contributed by atoms with Crippen LogP contribution in [0.5, 0.6) is 5.75 Å². The third kappa shape index (κ3) is 3.17. The second-order valence-electron chi connectivity index (χ2n) is 6.73. The molecule has 0 spiro atoms. The van der Waals surface area contributed by atoms with Crippen LogP contribution in [-0.4, -0.2) is 39.8 Å². The van der Waals surface area contributed by atoms with Crippen LogP contribution in [0.2, 0.25) is 0 Å². The zero-order valence-electron chi connectivity index (χ0n) is 14.5. The van der Waals surface area contributed by atoms with Crippen molar-refractivity contribution in [1.82, 2.24) is 14.9 Å². The Morgan fingerprint density at radius 3 is 3.12 bits per heavy atom. The number of fused-ring (bicyclic) bond motifs is 1. The summed E-state index contributed by atoms with van der Waals surface area (Å²) < 4.78 is 12.9. The highest BCUT2D eigenvalue weighted by molar-refractivity contribution is 5.97. The van der Waals surface area contributed by atoms with E-state index in [1.54, 1.807) is 31.8 Å². The number of aromatic nitrogens is 2. The number of imidazole rings is 1. The molecule has 1 fully saturated rings. The summed E-state index contributed by atoms with van der Waals surface area (Å²) in [7, 11) is 1.56. The van der Waals surface area contributed by atoms with Crippen LogP contribution in [0.15, 0.2) is 47.4 Å². The minimum atomic E-state index is -0.564. The predicted molar refractivity (Wildman–Crippen MR) is 95.0 cm³/mol. The van der Waals surface area contributed by atoms with E-state index in [4.69, 9.17) is 9.15 Å². The lowest BCUT2D eigenvalue weighted by molar-refractivity contribution is 0.0848. The summed E-state index contributed by atoms with van der Waals surface area (Å²) in [5, 5.41) is 14.0. The topological polar surface area (TPSA) is 89.5 Å². The maximum Gasteiger partial charge on any atom is 0.287 e. The largest absolute Gasteiger partial charge is 0.493 e. The van der Waals surface area contributed by atoms with Gasteiger partial charge in [0.2, 0.25) is 0 Å². The Kier molecular flexibility index (Phi) is 4.38. The molecule has 7 heteroatoms. The van der Waals surface area contributed by atoms with E-state index in [1.165, 1.54) is 0 Å². The minimum absolute atomic E-state index is 0.217. The second-order valence-corrected chi connectivity index (χ2v) is 6.73. The highest BCUT2D eigenvalue weighted by Crippen LogP contribution is 2.30. The number of hydrogen-bond acceptors (Lipinski definition) is 5. The monoisotopic (exact) mass is 355 g/mol. The van der Waals surface area contributed by atoms with Crippen molar-refractivity contribution in [2.75, 3.05) is 7.11 Å². The van der Waals surface area contributed by atoms with Crippen LogP contribution < -0.4 is 10.1 Å². The maximum absolute atomic E-state index is 12.6. The number of nitrogens with zero attached hydrogens (tertiary/aromatic N) is 2. The summed E-state index contributed by atoms with van der Waals surface area (Å²) in [5.74, 6) is 0.772. The molecule has 26 heavy (non-hydrogen) atoms. The molecular formula is C19H21N3O4. The number of rotatable bonds is 5. The van der Waals surface area contributed by atoms with Crippen molar-refractivity contribution in [2.24, 2.45) is 5.92 Å². The lowest BCUT2D eigenvalue weighted by Gasteiger charge is -2.15. The number of benzene rings is 1. The van der Waals surface area contributed by atoms with E-state index in [2.05, 4.69) is 10.3 Å². The molecular weight excluding hydrogens is 334 g/mol. The fourth-order valence-electron chi connectivity index (χ4n) is 3.66. The summed E-state index contributed by atoms with van der Waals surface area (Å²) in [4.78, 5) is 16.6. The Morgan fingerprint density at radius 2 is 2.35 bits per heavy atom. The van der Waals surface area contributed by atoms with Crippen LogP contribution in [-0.2, 0) is 6.54 Å². The lowest BCUT2D eigenvalue weighted by Crippen LogP contribution is -2.39. The predicted octanol–water partition coefficient (Wildman–Crippen LogP) is 2.21. The van der Waals surface area contributed by atoms with Gasteiger partial charge in [0.05, 0.1) is 25.6 Å². The van der Waals surface area contributed by atoms with Crippen LogP contribution in [0.4, 0.5) is 0 Å². The highest BCUT2D eigenvalue weighted by Gasteiger charge is 2.34. The smallest absolute Gasteiger partial charge is 0.287 e. The number of nitrogens with one attached hydrogen (secondary N) is 1. The number of furan rings is 1. The van der Waals surface area contributed by atoms with Gasteiger partial charge in [0, 0.05) is 24.3 Å². The van der Waals surface area contributed by atoms with Gasteiger partial charge in [0.15, 0.2) is 17.1 Å². The first kappa shape index (κ1) is 16.7. The van der Waals surface area contributed by atoms with Crippen molar-refractivity contribution in [3.63, 3.8) is 0 Å². The fourth-order valence-corrected chi connectivity index (χ4v) is 3.66. The van der Waals surface area contributed by atoms with Gasteiger partial charge in [-0.05, 0) is 30.9 Å². The highest BCUT2D eigenvalue weighted by atomic mass is 16.5. The Balaban J connectivity index is 1.44. The van der Waals surface area contributed by atoms with Gasteiger partial charge in [-0.15, -0.1) is 0 Å². The molecule has 7 nitrogen and oxygen atoms in total. The summed E-state index contributed by atoms with van der Waals surface area (Å²) in [6.07, 6.45) is 6.21. The molecule has 2 N–H and O–H groups in total. The molecule has 0 saturated heterocycles. The van der Waals surface area contributed by atoms with Crippen LogP contribution >= 0.6 is 0 Å². The van der Waals surface area contributed by atoms with Crippen LogP contribution in [0.3, 0.4) is 0 Å². The van der Waals surface area contributed by atoms with Gasteiger partial charge in [-0.3, -0.25) is 4.79 Å². The van der Waals surface area contributed by atoms with Gasteiger partial charge < -0.3 is 24.1 Å². The van der Waals surface area contributed by atoms with Crippen molar-refractivity contribution in [1.29, 1.82) is 0 Å². The van der Waals surface area contributed by atoms with Gasteiger partial charge in [0.25, 0.3) is 5.91 Å². The average molecular weight is 355 g/mol. The number of amides is 1. The zero-order chi connectivity index (χ0) is 18.1. The first-order valence-corrected chi connectivity index (χ1v) is 8.65. The van der Waals surface area contributed by atoms with E-state index in [1.807, 2.05) is 22.9 Å². The van der Waals surface area contributed by atoms with Crippen LogP contribution in [0, 0.1) is 5.92 Å². The molecule has 1 saturated carbocycles. The Bertz CT molecular complexity index is 903. The Hall–Kier alpha value is -2.80. The van der Waals surface area contributed by atoms with Crippen LogP contribution in [0.25, 0.3) is 11.0 Å². The van der Waals surface area contributed by atoms with Crippen molar-refractivity contribution >= 4 is 16.9 Å². The zero-order valence-corrected chi connectivity index (χ0v) is 14.5. The second kappa shape index (κ2) is 6.84. The van der Waals surface area contributed by atoms with E-state index in [9.17, 15) is 9.90 Å². The van der Waals surface area contributed by atoms with Gasteiger partial charge in [-0.25, -0.2) is 4.98 Å². The molecule has 3 aromatic rings. The van der Waals surface area contributed by atoms with E-state index < -0.39 is 6.10 Å². The van der Waals surface area contributed by atoms with E-state index >= 15 is 0 Å². The number of methoxy groups -OCH3 is 1. The number of aliphatic hydroxyl groups is 1. The molecule has 1 aromatic carbocycles. The fraction of sp³-hybridized carbons (Fsp3) is 0.368. The standard InChI is InChI=1S/C19H21N3O4/c1-25-16-4-2-3-13-9-17(26-18(13)16)19(24)21-14-7-12(8-15(14)23)10-22-6-5-20-11-22/h2-6,9,11-12,14-15,23H,7-8,10H2,1H3,(H,21,24)/t12?,14-,15-/m1/s1. The quantitative estimate of drug-likeness (QED) is 0.732. The van der Waals surface area contributed by atoms with E-state index in [-0.39, 0.29) is 17.7 Å². The van der Waals surface area contributed by atoms with Gasteiger partial charge in [-0.1, -0.05) is 12.1 Å². The van der Waals surface area contributed by atoms with Crippen molar-refractivity contribution in [3.8, 4) is 5.75 Å². The molecule has 0 radical (unpaired) electrons. The molecule has 1 unspecified atom stereocenters. The molecule has 2 aromatic heterocycles. The number of aliphatic hydroxyl groups excluding tert-OH is 1. The van der Waals surface area contributed by atoms with Crippen LogP contribution in [0.1, 0.15) is 23.4 Å². The summed E-state index contributed by atoms with van der Waals surface area (Å²) in [5.41, 5.74) is 0.546.